The van der Waals surface area contributed by atoms with E-state index in [4.69, 9.17) is 4.74 Å². The molecule has 0 amide bonds. The lowest BCUT2D eigenvalue weighted by molar-refractivity contribution is -0.143. The molecule has 1 N–H and O–H groups in total. The zero-order valence-electron chi connectivity index (χ0n) is 20.6. The number of benzene rings is 4. The SMILES string of the molecule is Cc1ccc(S(=O)(=O)N/N=C2/CC(CC(=O)OCCc3cccc4ccccc34)c3ccccc32)cc1. The van der Waals surface area contributed by atoms with E-state index >= 15 is 0 Å². The van der Waals surface area contributed by atoms with Gasteiger partial charge in [-0.1, -0.05) is 84.4 Å². The van der Waals surface area contributed by atoms with E-state index in [-0.39, 0.29) is 23.2 Å². The molecule has 5 rings (SSSR count). The molecule has 7 heteroatoms. The van der Waals surface area contributed by atoms with Crippen LogP contribution in [0.3, 0.4) is 0 Å². The number of esters is 1. The molecular formula is C30H28N2O4S. The van der Waals surface area contributed by atoms with E-state index in [9.17, 15) is 13.2 Å². The van der Waals surface area contributed by atoms with Crippen molar-refractivity contribution in [1.82, 2.24) is 4.83 Å². The maximum atomic E-state index is 12.7. The number of aryl methyl sites for hydroxylation is 1. The van der Waals surface area contributed by atoms with Crippen LogP contribution < -0.4 is 4.83 Å². The Bertz CT molecular complexity index is 1570. The van der Waals surface area contributed by atoms with Crippen molar-refractivity contribution in [3.05, 3.63) is 113 Å². The molecule has 0 fully saturated rings. The molecule has 0 bridgehead atoms. The van der Waals surface area contributed by atoms with Crippen LogP contribution in [0.1, 0.15) is 41.0 Å². The lowest BCUT2D eigenvalue weighted by Gasteiger charge is -2.11. The summed E-state index contributed by atoms with van der Waals surface area (Å²) in [4.78, 5) is 15.2. The van der Waals surface area contributed by atoms with E-state index in [0.717, 1.165) is 22.3 Å². The van der Waals surface area contributed by atoms with Gasteiger partial charge in [0, 0.05) is 17.9 Å². The molecule has 0 aromatic heterocycles. The van der Waals surface area contributed by atoms with Gasteiger partial charge in [0.1, 0.15) is 0 Å². The minimum atomic E-state index is -3.79. The predicted molar refractivity (Wildman–Crippen MR) is 145 cm³/mol. The number of hydrogen-bond acceptors (Lipinski definition) is 5. The van der Waals surface area contributed by atoms with Gasteiger partial charge in [0.05, 0.1) is 23.6 Å². The van der Waals surface area contributed by atoms with Gasteiger partial charge in [0.15, 0.2) is 0 Å². The molecule has 37 heavy (non-hydrogen) atoms. The second-order valence-electron chi connectivity index (χ2n) is 9.27. The van der Waals surface area contributed by atoms with Crippen molar-refractivity contribution >= 4 is 32.5 Å². The van der Waals surface area contributed by atoms with Crippen molar-refractivity contribution < 1.29 is 17.9 Å². The van der Waals surface area contributed by atoms with Gasteiger partial charge in [0.2, 0.25) is 0 Å². The van der Waals surface area contributed by atoms with Crippen LogP contribution in [-0.4, -0.2) is 26.7 Å². The Morgan fingerprint density at radius 1 is 0.946 bits per heavy atom. The Labute approximate surface area is 217 Å². The highest BCUT2D eigenvalue weighted by atomic mass is 32.2. The third-order valence-corrected chi connectivity index (χ3v) is 7.94. The van der Waals surface area contributed by atoms with Crippen LogP contribution in [0.4, 0.5) is 0 Å². The first-order chi connectivity index (χ1) is 17.9. The molecule has 6 nitrogen and oxygen atoms in total. The fourth-order valence-corrected chi connectivity index (χ4v) is 5.62. The van der Waals surface area contributed by atoms with Crippen LogP contribution in [0.5, 0.6) is 0 Å². The number of nitrogens with zero attached hydrogens (tertiary/aromatic N) is 1. The summed E-state index contributed by atoms with van der Waals surface area (Å²) < 4.78 is 31.0. The Kier molecular flexibility index (Phi) is 7.06. The van der Waals surface area contributed by atoms with E-state index in [0.29, 0.717) is 25.2 Å². The van der Waals surface area contributed by atoms with Crippen molar-refractivity contribution in [2.45, 2.75) is 37.0 Å². The number of ether oxygens (including phenoxy) is 1. The zero-order chi connectivity index (χ0) is 25.8. The van der Waals surface area contributed by atoms with Crippen LogP contribution >= 0.6 is 0 Å². The summed E-state index contributed by atoms with van der Waals surface area (Å²) >= 11 is 0. The highest BCUT2D eigenvalue weighted by Gasteiger charge is 2.30. The Balaban J connectivity index is 1.23. The number of sulfonamides is 1. The molecule has 188 valence electrons. The standard InChI is InChI=1S/C30H28N2O4S/c1-21-13-15-25(16-14-21)37(34,35)32-31-29-19-24(27-11-4-5-12-28(27)29)20-30(33)36-18-17-23-9-6-8-22-7-2-3-10-26(22)23/h2-16,24,32H,17-20H2,1H3/b31-29-. The molecular weight excluding hydrogens is 484 g/mol. The number of carbonyl (C=O) groups is 1. The second-order valence-corrected chi connectivity index (χ2v) is 10.9. The average molecular weight is 513 g/mol. The minimum Gasteiger partial charge on any atom is -0.465 e. The van der Waals surface area contributed by atoms with E-state index in [1.54, 1.807) is 24.3 Å². The van der Waals surface area contributed by atoms with Crippen molar-refractivity contribution in [1.29, 1.82) is 0 Å². The van der Waals surface area contributed by atoms with Gasteiger partial charge >= 0.3 is 5.97 Å². The predicted octanol–water partition coefficient (Wildman–Crippen LogP) is 5.49. The zero-order valence-corrected chi connectivity index (χ0v) is 21.4. The quantitative estimate of drug-likeness (QED) is 0.250. The first-order valence-corrected chi connectivity index (χ1v) is 13.8. The van der Waals surface area contributed by atoms with E-state index < -0.39 is 10.0 Å². The number of nitrogens with one attached hydrogen (secondary N) is 1. The van der Waals surface area contributed by atoms with Gasteiger partial charge in [-0.2, -0.15) is 18.4 Å². The minimum absolute atomic E-state index is 0.121. The maximum Gasteiger partial charge on any atom is 0.306 e. The van der Waals surface area contributed by atoms with E-state index in [1.807, 2.05) is 49.4 Å². The lowest BCUT2D eigenvalue weighted by atomic mass is 9.98. The van der Waals surface area contributed by atoms with Crippen molar-refractivity contribution in [3.8, 4) is 0 Å². The van der Waals surface area contributed by atoms with Gasteiger partial charge in [-0.05, 0) is 47.4 Å². The Hall–Kier alpha value is -3.97. The van der Waals surface area contributed by atoms with Gasteiger partial charge in [-0.25, -0.2) is 0 Å². The fourth-order valence-electron chi connectivity index (χ4n) is 4.79. The molecule has 0 radical (unpaired) electrons. The largest absolute Gasteiger partial charge is 0.465 e. The molecule has 0 heterocycles. The average Bonchev–Trinajstić information content (AvgIpc) is 3.25. The van der Waals surface area contributed by atoms with Gasteiger partial charge in [-0.3, -0.25) is 4.79 Å². The monoisotopic (exact) mass is 512 g/mol. The number of rotatable bonds is 8. The molecule has 0 spiro atoms. The highest BCUT2D eigenvalue weighted by molar-refractivity contribution is 7.89. The first-order valence-electron chi connectivity index (χ1n) is 12.3. The topological polar surface area (TPSA) is 84.8 Å². The van der Waals surface area contributed by atoms with Crippen LogP contribution in [0.25, 0.3) is 10.8 Å². The van der Waals surface area contributed by atoms with Gasteiger partial charge in [0.25, 0.3) is 10.0 Å². The number of hydrazone groups is 1. The van der Waals surface area contributed by atoms with E-state index in [1.165, 1.54) is 10.8 Å². The fraction of sp³-hybridized carbons (Fsp3) is 0.200. The van der Waals surface area contributed by atoms with Crippen LogP contribution in [-0.2, 0) is 26.0 Å². The van der Waals surface area contributed by atoms with Crippen molar-refractivity contribution in [3.63, 3.8) is 0 Å². The molecule has 0 saturated carbocycles. The third kappa shape index (κ3) is 5.57. The summed E-state index contributed by atoms with van der Waals surface area (Å²) in [6.45, 7) is 2.20. The van der Waals surface area contributed by atoms with Crippen LogP contribution in [0.2, 0.25) is 0 Å². The smallest absolute Gasteiger partial charge is 0.306 e. The Morgan fingerprint density at radius 2 is 1.68 bits per heavy atom. The summed E-state index contributed by atoms with van der Waals surface area (Å²) in [5.41, 5.74) is 4.55. The maximum absolute atomic E-state index is 12.7. The molecule has 4 aromatic carbocycles. The summed E-state index contributed by atoms with van der Waals surface area (Å²) in [5.74, 6) is -0.398. The van der Waals surface area contributed by atoms with Crippen LogP contribution in [0.15, 0.2) is 101 Å². The molecule has 1 unspecified atom stereocenters. The summed E-state index contributed by atoms with van der Waals surface area (Å²) in [7, 11) is -3.79. The summed E-state index contributed by atoms with van der Waals surface area (Å²) in [6, 6.07) is 28.6. The van der Waals surface area contributed by atoms with Gasteiger partial charge in [-0.15, -0.1) is 0 Å². The molecule has 0 saturated heterocycles. The number of fused-ring (bicyclic) bond motifs is 2. The van der Waals surface area contributed by atoms with Crippen molar-refractivity contribution in [2.75, 3.05) is 6.61 Å². The first kappa shape index (κ1) is 24.7. The molecule has 0 aliphatic heterocycles. The van der Waals surface area contributed by atoms with Crippen molar-refractivity contribution in [2.24, 2.45) is 5.10 Å². The molecule has 1 aliphatic carbocycles. The Morgan fingerprint density at radius 3 is 2.51 bits per heavy atom. The molecule has 4 aromatic rings. The molecule has 1 atom stereocenters. The number of hydrogen-bond donors (Lipinski definition) is 1. The third-order valence-electron chi connectivity index (χ3n) is 6.71. The number of carbonyl (C=O) groups excluding carboxylic acids is 1. The van der Waals surface area contributed by atoms with Crippen LogP contribution in [0, 0.1) is 6.92 Å². The van der Waals surface area contributed by atoms with Gasteiger partial charge < -0.3 is 4.74 Å². The summed E-state index contributed by atoms with van der Waals surface area (Å²) in [6.07, 6.45) is 1.30. The normalized spacial score (nSPS) is 16.0. The van der Waals surface area contributed by atoms with E-state index in [2.05, 4.69) is 34.2 Å². The highest BCUT2D eigenvalue weighted by Crippen LogP contribution is 2.36. The second kappa shape index (κ2) is 10.6. The molecule has 1 aliphatic rings. The summed E-state index contributed by atoms with van der Waals surface area (Å²) in [5, 5.41) is 6.58. The lowest BCUT2D eigenvalue weighted by Crippen LogP contribution is -2.20.